The molecule has 0 saturated carbocycles. The second kappa shape index (κ2) is 8.50. The van der Waals surface area contributed by atoms with Crippen LogP contribution in [0.3, 0.4) is 0 Å². The Hall–Kier alpha value is -3.20. The first-order chi connectivity index (χ1) is 14.9. The summed E-state index contributed by atoms with van der Waals surface area (Å²) >= 11 is 3.57. The van der Waals surface area contributed by atoms with Crippen LogP contribution in [0.5, 0.6) is 5.75 Å². The molecule has 4 rings (SSSR count). The summed E-state index contributed by atoms with van der Waals surface area (Å²) < 4.78 is 12.7. The Bertz CT molecular complexity index is 1250. The highest BCUT2D eigenvalue weighted by atomic mass is 79.9. The van der Waals surface area contributed by atoms with E-state index < -0.39 is 6.04 Å². The first-order valence-corrected chi connectivity index (χ1v) is 10.6. The molecule has 0 aliphatic carbocycles. The number of carbonyl (C=O) groups is 1. The van der Waals surface area contributed by atoms with Crippen LogP contribution in [0.2, 0.25) is 0 Å². The van der Waals surface area contributed by atoms with Crippen LogP contribution in [0.15, 0.2) is 46.9 Å². The maximum Gasteiger partial charge on any atom is 0.328 e. The predicted octanol–water partition coefficient (Wildman–Crippen LogP) is 4.33. The van der Waals surface area contributed by atoms with Gasteiger partial charge in [0.1, 0.15) is 11.8 Å². The molecule has 2 aromatic carbocycles. The average molecular weight is 484 g/mol. The Kier molecular flexibility index (Phi) is 5.77. The van der Waals surface area contributed by atoms with E-state index in [9.17, 15) is 4.79 Å². The van der Waals surface area contributed by atoms with E-state index in [4.69, 9.17) is 19.4 Å². The van der Waals surface area contributed by atoms with Gasteiger partial charge >= 0.3 is 5.97 Å². The van der Waals surface area contributed by atoms with Crippen molar-refractivity contribution in [1.82, 2.24) is 19.6 Å². The number of nitrogens with zero attached hydrogens (tertiary/aromatic N) is 4. The van der Waals surface area contributed by atoms with E-state index >= 15 is 0 Å². The van der Waals surface area contributed by atoms with Crippen LogP contribution in [0.25, 0.3) is 27.9 Å². The molecule has 0 aliphatic rings. The number of esters is 1. The molecule has 1 atom stereocenters. The largest absolute Gasteiger partial charge is 0.497 e. The van der Waals surface area contributed by atoms with E-state index in [1.54, 1.807) is 11.6 Å². The number of carbonyl (C=O) groups excluding carboxylic acids is 1. The summed E-state index contributed by atoms with van der Waals surface area (Å²) in [7, 11) is 2.99. The summed E-state index contributed by atoms with van der Waals surface area (Å²) in [5.41, 5.74) is 2.19. The van der Waals surface area contributed by atoms with Gasteiger partial charge in [0.25, 0.3) is 0 Å². The zero-order valence-corrected chi connectivity index (χ0v) is 19.2. The number of hydrogen-bond acceptors (Lipinski definition) is 7. The van der Waals surface area contributed by atoms with Crippen LogP contribution in [0.1, 0.15) is 13.8 Å². The summed E-state index contributed by atoms with van der Waals surface area (Å²) in [4.78, 5) is 21.9. The lowest BCUT2D eigenvalue weighted by Gasteiger charge is -2.20. The van der Waals surface area contributed by atoms with Crippen LogP contribution >= 0.6 is 15.9 Å². The lowest BCUT2D eigenvalue weighted by molar-refractivity contribution is -0.142. The van der Waals surface area contributed by atoms with Gasteiger partial charge in [0, 0.05) is 15.4 Å². The van der Waals surface area contributed by atoms with E-state index in [0.717, 1.165) is 26.7 Å². The van der Waals surface area contributed by atoms with Crippen LogP contribution in [0, 0.1) is 5.92 Å². The fraction of sp³-hybridized carbons (Fsp3) is 0.273. The molecule has 0 spiro atoms. The molecule has 160 valence electrons. The Balaban J connectivity index is 1.92. The fourth-order valence-electron chi connectivity index (χ4n) is 3.32. The van der Waals surface area contributed by atoms with Crippen molar-refractivity contribution in [2.75, 3.05) is 19.5 Å². The highest BCUT2D eigenvalue weighted by Gasteiger charge is 2.26. The smallest absolute Gasteiger partial charge is 0.328 e. The van der Waals surface area contributed by atoms with Crippen molar-refractivity contribution in [3.05, 3.63) is 46.9 Å². The molecule has 0 aliphatic heterocycles. The van der Waals surface area contributed by atoms with Crippen molar-refractivity contribution in [2.24, 2.45) is 5.92 Å². The van der Waals surface area contributed by atoms with Gasteiger partial charge in [0.15, 0.2) is 11.5 Å². The number of halogens is 1. The summed E-state index contributed by atoms with van der Waals surface area (Å²) in [6, 6.07) is 12.7. The van der Waals surface area contributed by atoms with Crippen LogP contribution in [-0.2, 0) is 9.53 Å². The molecule has 0 bridgehead atoms. The molecule has 9 heteroatoms. The summed E-state index contributed by atoms with van der Waals surface area (Å²) in [5.74, 6) is 1.31. The maximum atomic E-state index is 12.3. The van der Waals surface area contributed by atoms with Gasteiger partial charge in [-0.15, -0.1) is 5.10 Å². The van der Waals surface area contributed by atoms with Gasteiger partial charge in [-0.25, -0.2) is 14.8 Å². The number of benzene rings is 2. The van der Waals surface area contributed by atoms with Gasteiger partial charge in [-0.1, -0.05) is 19.9 Å². The van der Waals surface area contributed by atoms with E-state index in [1.165, 1.54) is 7.11 Å². The molecular formula is C22H22BrN5O3. The highest BCUT2D eigenvalue weighted by Crippen LogP contribution is 2.29. The lowest BCUT2D eigenvalue weighted by Crippen LogP contribution is -2.36. The SMILES string of the molecule is COC(=O)C(Nc1nc2c(Br)cccc2c2nc(-c3ccc(OC)cc3)nn12)C(C)C. The molecule has 2 aromatic heterocycles. The number of para-hydroxylation sites is 1. The molecule has 1 N–H and O–H groups in total. The van der Waals surface area contributed by atoms with Gasteiger partial charge in [0.05, 0.1) is 19.7 Å². The average Bonchev–Trinajstić information content (AvgIpc) is 3.23. The molecule has 0 fully saturated rings. The second-order valence-corrected chi connectivity index (χ2v) is 8.21. The second-order valence-electron chi connectivity index (χ2n) is 7.36. The van der Waals surface area contributed by atoms with Crippen molar-refractivity contribution in [3.8, 4) is 17.1 Å². The summed E-state index contributed by atoms with van der Waals surface area (Å²) in [6.45, 7) is 3.87. The van der Waals surface area contributed by atoms with Crippen molar-refractivity contribution >= 4 is 44.4 Å². The molecule has 31 heavy (non-hydrogen) atoms. The topological polar surface area (TPSA) is 90.6 Å². The number of rotatable bonds is 6. The fourth-order valence-corrected chi connectivity index (χ4v) is 3.77. The Labute approximate surface area is 187 Å². The standard InChI is InChI=1S/C22H22BrN5O3/c1-12(2)17(21(29)31-4)24-22-25-18-15(6-5-7-16(18)23)20-26-19(27-28(20)22)13-8-10-14(30-3)11-9-13/h5-12,17H,1-4H3,(H,24,25). The van der Waals surface area contributed by atoms with Crippen molar-refractivity contribution in [1.29, 1.82) is 0 Å². The predicted molar refractivity (Wildman–Crippen MR) is 122 cm³/mol. The first-order valence-electron chi connectivity index (χ1n) is 9.76. The van der Waals surface area contributed by atoms with Crippen LogP contribution in [-0.4, -0.2) is 45.8 Å². The maximum absolute atomic E-state index is 12.3. The van der Waals surface area contributed by atoms with Gasteiger partial charge in [-0.2, -0.15) is 4.52 Å². The Morgan fingerprint density at radius 3 is 2.48 bits per heavy atom. The first kappa shape index (κ1) is 21.0. The number of anilines is 1. The summed E-state index contributed by atoms with van der Waals surface area (Å²) in [5, 5.41) is 8.74. The Morgan fingerprint density at radius 1 is 1.10 bits per heavy atom. The van der Waals surface area contributed by atoms with Gasteiger partial charge in [-0.05, 0) is 58.2 Å². The number of fused-ring (bicyclic) bond motifs is 3. The van der Waals surface area contributed by atoms with E-state index in [0.29, 0.717) is 17.4 Å². The van der Waals surface area contributed by atoms with Gasteiger partial charge in [0.2, 0.25) is 5.95 Å². The molecular weight excluding hydrogens is 462 g/mol. The minimum Gasteiger partial charge on any atom is -0.497 e. The molecule has 1 unspecified atom stereocenters. The number of hydrogen-bond donors (Lipinski definition) is 1. The molecule has 8 nitrogen and oxygen atoms in total. The third-order valence-electron chi connectivity index (χ3n) is 5.01. The molecule has 0 amide bonds. The zero-order valence-electron chi connectivity index (χ0n) is 17.6. The molecule has 4 aromatic rings. The zero-order chi connectivity index (χ0) is 22.1. The number of nitrogens with one attached hydrogen (secondary N) is 1. The van der Waals surface area contributed by atoms with Gasteiger partial charge < -0.3 is 14.8 Å². The van der Waals surface area contributed by atoms with Crippen molar-refractivity contribution in [2.45, 2.75) is 19.9 Å². The summed E-state index contributed by atoms with van der Waals surface area (Å²) in [6.07, 6.45) is 0. The van der Waals surface area contributed by atoms with E-state index in [2.05, 4.69) is 26.3 Å². The molecule has 2 heterocycles. The number of ether oxygens (including phenoxy) is 2. The number of methoxy groups -OCH3 is 2. The minimum atomic E-state index is -0.589. The van der Waals surface area contributed by atoms with Crippen molar-refractivity contribution < 1.29 is 14.3 Å². The third-order valence-corrected chi connectivity index (χ3v) is 5.65. The third kappa shape index (κ3) is 3.93. The highest BCUT2D eigenvalue weighted by molar-refractivity contribution is 9.10. The molecule has 0 saturated heterocycles. The van der Waals surface area contributed by atoms with Crippen LogP contribution < -0.4 is 10.1 Å². The number of aromatic nitrogens is 4. The quantitative estimate of drug-likeness (QED) is 0.408. The minimum absolute atomic E-state index is 0.0243. The van der Waals surface area contributed by atoms with Crippen LogP contribution in [0.4, 0.5) is 5.95 Å². The molecule has 0 radical (unpaired) electrons. The van der Waals surface area contributed by atoms with Gasteiger partial charge in [-0.3, -0.25) is 0 Å². The van der Waals surface area contributed by atoms with E-state index in [-0.39, 0.29) is 11.9 Å². The van der Waals surface area contributed by atoms with E-state index in [1.807, 2.05) is 56.3 Å². The monoisotopic (exact) mass is 483 g/mol. The van der Waals surface area contributed by atoms with Crippen molar-refractivity contribution in [3.63, 3.8) is 0 Å². The Morgan fingerprint density at radius 2 is 1.84 bits per heavy atom. The normalized spacial score (nSPS) is 12.3. The lowest BCUT2D eigenvalue weighted by atomic mass is 10.1.